The third-order valence-electron chi connectivity index (χ3n) is 1.71. The van der Waals surface area contributed by atoms with Crippen LogP contribution in [0.3, 0.4) is 0 Å². The summed E-state index contributed by atoms with van der Waals surface area (Å²) in [7, 11) is 0. The standard InChI is InChI=1S/C7H9N5OS/c1-5(13)7-4-12(10-9-7)3-6-2-8-11-14-6/h2,4-5,13H,3H2,1H3/t5-/m1/s1. The van der Waals surface area contributed by atoms with Crippen LogP contribution in [0.4, 0.5) is 0 Å². The summed E-state index contributed by atoms with van der Waals surface area (Å²) in [4.78, 5) is 1.01. The fourth-order valence-electron chi connectivity index (χ4n) is 0.999. The van der Waals surface area contributed by atoms with Crippen LogP contribution >= 0.6 is 11.5 Å². The summed E-state index contributed by atoms with van der Waals surface area (Å²) in [6.45, 7) is 2.25. The van der Waals surface area contributed by atoms with E-state index in [1.807, 2.05) is 0 Å². The van der Waals surface area contributed by atoms with Crippen molar-refractivity contribution in [3.05, 3.63) is 23.0 Å². The van der Waals surface area contributed by atoms with Gasteiger partial charge in [-0.2, -0.15) is 0 Å². The summed E-state index contributed by atoms with van der Waals surface area (Å²) in [6.07, 6.45) is 2.82. The van der Waals surface area contributed by atoms with E-state index in [0.29, 0.717) is 12.2 Å². The minimum Gasteiger partial charge on any atom is -0.387 e. The average molecular weight is 211 g/mol. The van der Waals surface area contributed by atoms with E-state index in [0.717, 1.165) is 4.88 Å². The molecule has 74 valence electrons. The van der Waals surface area contributed by atoms with Gasteiger partial charge < -0.3 is 5.11 Å². The lowest BCUT2D eigenvalue weighted by Gasteiger charge is -1.95. The minimum absolute atomic E-state index is 0.572. The predicted molar refractivity (Wildman–Crippen MR) is 49.7 cm³/mol. The van der Waals surface area contributed by atoms with Gasteiger partial charge in [-0.25, -0.2) is 4.68 Å². The van der Waals surface area contributed by atoms with E-state index in [1.54, 1.807) is 24.0 Å². The molecule has 1 atom stereocenters. The Balaban J connectivity index is 2.11. The zero-order valence-corrected chi connectivity index (χ0v) is 8.35. The molecule has 0 aliphatic rings. The highest BCUT2D eigenvalue weighted by Gasteiger charge is 2.06. The van der Waals surface area contributed by atoms with Gasteiger partial charge in [0.15, 0.2) is 0 Å². The van der Waals surface area contributed by atoms with Crippen LogP contribution in [0.25, 0.3) is 0 Å². The van der Waals surface area contributed by atoms with Crippen molar-refractivity contribution >= 4 is 11.5 Å². The first kappa shape index (κ1) is 9.22. The van der Waals surface area contributed by atoms with Gasteiger partial charge in [-0.15, -0.1) is 10.2 Å². The Kier molecular flexibility index (Phi) is 2.51. The summed E-state index contributed by atoms with van der Waals surface area (Å²) < 4.78 is 5.39. The Morgan fingerprint density at radius 1 is 1.64 bits per heavy atom. The summed E-state index contributed by atoms with van der Waals surface area (Å²) >= 11 is 1.32. The number of rotatable bonds is 3. The van der Waals surface area contributed by atoms with Crippen LogP contribution in [0.5, 0.6) is 0 Å². The zero-order chi connectivity index (χ0) is 9.97. The van der Waals surface area contributed by atoms with Crippen LogP contribution in [-0.4, -0.2) is 29.7 Å². The predicted octanol–water partition coefficient (Wildman–Crippen LogP) is 0.231. The van der Waals surface area contributed by atoms with Gasteiger partial charge in [0.05, 0.1) is 29.9 Å². The van der Waals surface area contributed by atoms with E-state index in [1.165, 1.54) is 11.5 Å². The van der Waals surface area contributed by atoms with E-state index < -0.39 is 6.10 Å². The SMILES string of the molecule is C[C@@H](O)c1cn(Cc2cnns2)nn1. The van der Waals surface area contributed by atoms with Crippen molar-refractivity contribution in [1.29, 1.82) is 0 Å². The van der Waals surface area contributed by atoms with E-state index in [2.05, 4.69) is 19.9 Å². The molecule has 6 nitrogen and oxygen atoms in total. The molecule has 0 spiro atoms. The number of hydrogen-bond acceptors (Lipinski definition) is 6. The van der Waals surface area contributed by atoms with Crippen molar-refractivity contribution < 1.29 is 5.11 Å². The summed E-state index contributed by atoms with van der Waals surface area (Å²) in [6, 6.07) is 0. The summed E-state index contributed by atoms with van der Waals surface area (Å²) in [5.41, 5.74) is 0.572. The van der Waals surface area contributed by atoms with Crippen LogP contribution in [0.15, 0.2) is 12.4 Å². The second-order valence-electron chi connectivity index (χ2n) is 2.90. The van der Waals surface area contributed by atoms with Gasteiger partial charge in [-0.3, -0.25) is 0 Å². The first-order valence-corrected chi connectivity index (χ1v) is 4.87. The maximum Gasteiger partial charge on any atom is 0.111 e. The molecule has 2 rings (SSSR count). The lowest BCUT2D eigenvalue weighted by atomic mass is 10.3. The van der Waals surface area contributed by atoms with Gasteiger partial charge in [0.2, 0.25) is 0 Å². The van der Waals surface area contributed by atoms with Crippen molar-refractivity contribution in [3.63, 3.8) is 0 Å². The van der Waals surface area contributed by atoms with Crippen LogP contribution in [0.1, 0.15) is 23.6 Å². The minimum atomic E-state index is -0.580. The molecule has 2 aromatic heterocycles. The molecule has 0 saturated carbocycles. The average Bonchev–Trinajstić information content (AvgIpc) is 2.75. The molecule has 0 amide bonds. The zero-order valence-electron chi connectivity index (χ0n) is 7.53. The maximum absolute atomic E-state index is 9.23. The highest BCUT2D eigenvalue weighted by Crippen LogP contribution is 2.09. The van der Waals surface area contributed by atoms with E-state index in [-0.39, 0.29) is 0 Å². The molecule has 1 N–H and O–H groups in total. The normalized spacial score (nSPS) is 13.0. The van der Waals surface area contributed by atoms with Gasteiger partial charge in [0, 0.05) is 0 Å². The topological polar surface area (TPSA) is 76.7 Å². The lowest BCUT2D eigenvalue weighted by Crippen LogP contribution is -1.98. The molecule has 0 fully saturated rings. The molecule has 0 radical (unpaired) electrons. The fourth-order valence-corrected chi connectivity index (χ4v) is 1.48. The van der Waals surface area contributed by atoms with E-state index >= 15 is 0 Å². The molecular weight excluding hydrogens is 202 g/mol. The molecule has 0 aliphatic heterocycles. The Morgan fingerprint density at radius 3 is 3.07 bits per heavy atom. The van der Waals surface area contributed by atoms with Crippen LogP contribution in [0, 0.1) is 0 Å². The molecule has 0 unspecified atom stereocenters. The molecule has 0 aromatic carbocycles. The molecule has 2 heterocycles. The molecule has 0 bridgehead atoms. The van der Waals surface area contributed by atoms with Crippen LogP contribution in [0.2, 0.25) is 0 Å². The van der Waals surface area contributed by atoms with Gasteiger partial charge >= 0.3 is 0 Å². The third-order valence-corrected chi connectivity index (χ3v) is 2.35. The highest BCUT2D eigenvalue weighted by molar-refractivity contribution is 7.05. The van der Waals surface area contributed by atoms with Crippen LogP contribution < -0.4 is 0 Å². The molecule has 0 saturated heterocycles. The van der Waals surface area contributed by atoms with E-state index in [4.69, 9.17) is 0 Å². The summed E-state index contributed by atoms with van der Waals surface area (Å²) in [5, 5.41) is 20.6. The lowest BCUT2D eigenvalue weighted by molar-refractivity contribution is 0.194. The van der Waals surface area contributed by atoms with Crippen molar-refractivity contribution in [3.8, 4) is 0 Å². The maximum atomic E-state index is 9.23. The van der Waals surface area contributed by atoms with Gasteiger partial charge in [-0.05, 0) is 18.5 Å². The quantitative estimate of drug-likeness (QED) is 0.786. The van der Waals surface area contributed by atoms with Crippen molar-refractivity contribution in [2.45, 2.75) is 19.6 Å². The van der Waals surface area contributed by atoms with Crippen LogP contribution in [-0.2, 0) is 6.54 Å². The van der Waals surface area contributed by atoms with E-state index in [9.17, 15) is 5.11 Å². The number of aromatic nitrogens is 5. The molecular formula is C7H9N5OS. The Labute approximate surface area is 84.4 Å². The molecule has 14 heavy (non-hydrogen) atoms. The van der Waals surface area contributed by atoms with Crippen molar-refractivity contribution in [2.75, 3.05) is 0 Å². The Bertz CT molecular complexity index is 396. The monoisotopic (exact) mass is 211 g/mol. The van der Waals surface area contributed by atoms with Crippen molar-refractivity contribution in [2.24, 2.45) is 0 Å². The first-order chi connectivity index (χ1) is 6.75. The van der Waals surface area contributed by atoms with Gasteiger partial charge in [-0.1, -0.05) is 9.70 Å². The second-order valence-corrected chi connectivity index (χ2v) is 3.77. The van der Waals surface area contributed by atoms with Gasteiger partial charge in [0.25, 0.3) is 0 Å². The Morgan fingerprint density at radius 2 is 2.50 bits per heavy atom. The molecule has 7 heteroatoms. The Hall–Kier alpha value is -1.34. The highest BCUT2D eigenvalue weighted by atomic mass is 32.1. The molecule has 0 aliphatic carbocycles. The smallest absolute Gasteiger partial charge is 0.111 e. The van der Waals surface area contributed by atoms with Gasteiger partial charge in [0.1, 0.15) is 5.69 Å². The van der Waals surface area contributed by atoms with Crippen molar-refractivity contribution in [1.82, 2.24) is 24.6 Å². The number of aliphatic hydroxyl groups is 1. The summed E-state index contributed by atoms with van der Waals surface area (Å²) in [5.74, 6) is 0. The number of nitrogens with zero attached hydrogens (tertiary/aromatic N) is 5. The largest absolute Gasteiger partial charge is 0.387 e. The number of hydrogen-bond donors (Lipinski definition) is 1. The molecule has 2 aromatic rings. The first-order valence-electron chi connectivity index (χ1n) is 4.10. The number of aliphatic hydroxyl groups excluding tert-OH is 1. The second kappa shape index (κ2) is 3.81. The fraction of sp³-hybridized carbons (Fsp3) is 0.429. The third kappa shape index (κ3) is 1.94.